The van der Waals surface area contributed by atoms with E-state index in [2.05, 4.69) is 0 Å². The fourth-order valence-corrected chi connectivity index (χ4v) is 2.08. The third-order valence-electron chi connectivity index (χ3n) is 2.85. The van der Waals surface area contributed by atoms with Crippen LogP contribution in [0.2, 0.25) is 10.0 Å². The number of aliphatic hydroxyl groups excluding tert-OH is 1. The highest BCUT2D eigenvalue weighted by Crippen LogP contribution is 2.28. The average molecular weight is 315 g/mol. The van der Waals surface area contributed by atoms with Gasteiger partial charge in [-0.25, -0.2) is 4.39 Å². The molecule has 0 radical (unpaired) electrons. The molecule has 2 aromatic rings. The molecule has 2 rings (SSSR count). The quantitative estimate of drug-likeness (QED) is 0.881. The zero-order valence-electron chi connectivity index (χ0n) is 10.7. The molecule has 0 aliphatic heterocycles. The second-order valence-electron chi connectivity index (χ2n) is 4.37. The van der Waals surface area contributed by atoms with Crippen LogP contribution in [0.15, 0.2) is 36.4 Å². The zero-order chi connectivity index (χ0) is 14.7. The number of rotatable bonds is 4. The largest absolute Gasteiger partial charge is 0.486 e. The van der Waals surface area contributed by atoms with Crippen molar-refractivity contribution < 1.29 is 14.2 Å². The molecule has 20 heavy (non-hydrogen) atoms. The summed E-state index contributed by atoms with van der Waals surface area (Å²) in [5.74, 6) is -0.424. The monoisotopic (exact) mass is 314 g/mol. The highest BCUT2D eigenvalue weighted by Gasteiger charge is 2.10. The van der Waals surface area contributed by atoms with Crippen LogP contribution in [0.3, 0.4) is 0 Å². The maximum absolute atomic E-state index is 13.8. The Morgan fingerprint density at radius 2 is 2.00 bits per heavy atom. The van der Waals surface area contributed by atoms with E-state index in [0.717, 1.165) is 0 Å². The summed E-state index contributed by atoms with van der Waals surface area (Å²) >= 11 is 11.9. The molecule has 0 heterocycles. The van der Waals surface area contributed by atoms with Gasteiger partial charge in [0.2, 0.25) is 0 Å². The van der Waals surface area contributed by atoms with E-state index < -0.39 is 11.9 Å². The van der Waals surface area contributed by atoms with Gasteiger partial charge in [-0.3, -0.25) is 0 Å². The third kappa shape index (κ3) is 3.42. The number of hydrogen-bond acceptors (Lipinski definition) is 2. The molecule has 0 aromatic heterocycles. The lowest BCUT2D eigenvalue weighted by atomic mass is 10.1. The Kier molecular flexibility index (Phi) is 4.86. The summed E-state index contributed by atoms with van der Waals surface area (Å²) in [4.78, 5) is 0. The van der Waals surface area contributed by atoms with Crippen molar-refractivity contribution in [1.29, 1.82) is 0 Å². The average Bonchev–Trinajstić information content (AvgIpc) is 2.41. The lowest BCUT2D eigenvalue weighted by Crippen LogP contribution is -2.00. The van der Waals surface area contributed by atoms with Crippen molar-refractivity contribution in [2.45, 2.75) is 19.6 Å². The van der Waals surface area contributed by atoms with E-state index in [9.17, 15) is 9.50 Å². The van der Waals surface area contributed by atoms with Crippen LogP contribution in [-0.2, 0) is 6.61 Å². The van der Waals surface area contributed by atoms with Crippen LogP contribution in [0.5, 0.6) is 5.75 Å². The van der Waals surface area contributed by atoms with Crippen LogP contribution in [0, 0.1) is 5.82 Å². The molecule has 0 fully saturated rings. The van der Waals surface area contributed by atoms with Crippen molar-refractivity contribution in [3.63, 3.8) is 0 Å². The van der Waals surface area contributed by atoms with Gasteiger partial charge in [0.15, 0.2) is 11.6 Å². The van der Waals surface area contributed by atoms with Crippen LogP contribution in [0.4, 0.5) is 4.39 Å². The lowest BCUT2D eigenvalue weighted by Gasteiger charge is -2.11. The first-order chi connectivity index (χ1) is 9.49. The van der Waals surface area contributed by atoms with E-state index in [4.69, 9.17) is 27.9 Å². The van der Waals surface area contributed by atoms with Gasteiger partial charge in [-0.2, -0.15) is 0 Å². The molecule has 2 aromatic carbocycles. The summed E-state index contributed by atoms with van der Waals surface area (Å²) < 4.78 is 19.2. The minimum atomic E-state index is -0.721. The molecule has 0 bridgehead atoms. The van der Waals surface area contributed by atoms with Crippen molar-refractivity contribution in [2.75, 3.05) is 0 Å². The minimum absolute atomic E-state index is 0.102. The van der Waals surface area contributed by atoms with E-state index in [1.165, 1.54) is 12.1 Å². The highest BCUT2D eigenvalue weighted by molar-refractivity contribution is 6.42. The standard InChI is InChI=1S/C15H13Cl2FO2/c1-9(19)10-5-6-14(13(18)7-10)20-8-11-3-2-4-12(16)15(11)17/h2-7,9,19H,8H2,1H3. The number of ether oxygens (including phenoxy) is 1. The molecular weight excluding hydrogens is 302 g/mol. The van der Waals surface area contributed by atoms with Crippen molar-refractivity contribution >= 4 is 23.2 Å². The van der Waals surface area contributed by atoms with E-state index >= 15 is 0 Å². The Morgan fingerprint density at radius 3 is 2.65 bits per heavy atom. The van der Waals surface area contributed by atoms with Crippen LogP contribution in [0.25, 0.3) is 0 Å². The lowest BCUT2D eigenvalue weighted by molar-refractivity contribution is 0.198. The maximum Gasteiger partial charge on any atom is 0.165 e. The van der Waals surface area contributed by atoms with Crippen LogP contribution < -0.4 is 4.74 Å². The number of aliphatic hydroxyl groups is 1. The zero-order valence-corrected chi connectivity index (χ0v) is 12.2. The number of benzene rings is 2. The van der Waals surface area contributed by atoms with E-state index in [-0.39, 0.29) is 12.4 Å². The van der Waals surface area contributed by atoms with Crippen LogP contribution in [0.1, 0.15) is 24.2 Å². The molecule has 0 aliphatic rings. The Hall–Kier alpha value is -1.29. The molecule has 0 amide bonds. The van der Waals surface area contributed by atoms with E-state index in [1.54, 1.807) is 31.2 Å². The Morgan fingerprint density at radius 1 is 1.25 bits per heavy atom. The third-order valence-corrected chi connectivity index (χ3v) is 3.71. The van der Waals surface area contributed by atoms with Gasteiger partial charge < -0.3 is 9.84 Å². The molecule has 1 N–H and O–H groups in total. The Balaban J connectivity index is 2.13. The second-order valence-corrected chi connectivity index (χ2v) is 5.15. The van der Waals surface area contributed by atoms with E-state index in [0.29, 0.717) is 21.2 Å². The minimum Gasteiger partial charge on any atom is -0.486 e. The molecule has 0 spiro atoms. The molecule has 0 aliphatic carbocycles. The smallest absolute Gasteiger partial charge is 0.165 e. The first kappa shape index (κ1) is 15.1. The van der Waals surface area contributed by atoms with Gasteiger partial charge in [-0.15, -0.1) is 0 Å². The van der Waals surface area contributed by atoms with Crippen LogP contribution >= 0.6 is 23.2 Å². The van der Waals surface area contributed by atoms with Crippen molar-refractivity contribution in [1.82, 2.24) is 0 Å². The van der Waals surface area contributed by atoms with Crippen molar-refractivity contribution in [2.24, 2.45) is 0 Å². The summed E-state index contributed by atoms with van der Waals surface area (Å²) in [6, 6.07) is 9.53. The van der Waals surface area contributed by atoms with Gasteiger partial charge in [0.05, 0.1) is 16.1 Å². The summed E-state index contributed by atoms with van der Waals surface area (Å²) in [5, 5.41) is 10.2. The van der Waals surface area contributed by atoms with Crippen molar-refractivity contribution in [3.05, 3.63) is 63.4 Å². The first-order valence-corrected chi connectivity index (χ1v) is 6.78. The van der Waals surface area contributed by atoms with Crippen LogP contribution in [-0.4, -0.2) is 5.11 Å². The molecule has 5 heteroatoms. The summed E-state index contributed by atoms with van der Waals surface area (Å²) in [6.07, 6.45) is -0.721. The number of halogens is 3. The van der Waals surface area contributed by atoms with Gasteiger partial charge in [0.25, 0.3) is 0 Å². The SMILES string of the molecule is CC(O)c1ccc(OCc2cccc(Cl)c2Cl)c(F)c1. The van der Waals surface area contributed by atoms with Gasteiger partial charge >= 0.3 is 0 Å². The Labute approximate surface area is 126 Å². The topological polar surface area (TPSA) is 29.5 Å². The Bertz CT molecular complexity index is 615. The molecular formula is C15H13Cl2FO2. The fourth-order valence-electron chi connectivity index (χ4n) is 1.71. The fraction of sp³-hybridized carbons (Fsp3) is 0.200. The predicted molar refractivity (Wildman–Crippen MR) is 77.8 cm³/mol. The first-order valence-electron chi connectivity index (χ1n) is 6.02. The molecule has 106 valence electrons. The number of hydrogen-bond donors (Lipinski definition) is 1. The van der Waals surface area contributed by atoms with Gasteiger partial charge in [0, 0.05) is 5.56 Å². The van der Waals surface area contributed by atoms with Crippen molar-refractivity contribution in [3.8, 4) is 5.75 Å². The molecule has 2 nitrogen and oxygen atoms in total. The highest BCUT2D eigenvalue weighted by atomic mass is 35.5. The van der Waals surface area contributed by atoms with Gasteiger partial charge in [-0.1, -0.05) is 41.4 Å². The molecule has 0 saturated carbocycles. The predicted octanol–water partition coefficient (Wildman–Crippen LogP) is 4.76. The second kappa shape index (κ2) is 6.44. The van der Waals surface area contributed by atoms with Gasteiger partial charge in [-0.05, 0) is 30.7 Å². The maximum atomic E-state index is 13.8. The summed E-state index contributed by atoms with van der Waals surface area (Å²) in [5.41, 5.74) is 1.17. The van der Waals surface area contributed by atoms with E-state index in [1.807, 2.05) is 0 Å². The molecule has 1 atom stereocenters. The normalized spacial score (nSPS) is 12.2. The summed E-state index contributed by atoms with van der Waals surface area (Å²) in [6.45, 7) is 1.69. The summed E-state index contributed by atoms with van der Waals surface area (Å²) in [7, 11) is 0. The van der Waals surface area contributed by atoms with Gasteiger partial charge in [0.1, 0.15) is 6.61 Å². The molecule has 0 saturated heterocycles. The molecule has 1 unspecified atom stereocenters.